The van der Waals surface area contributed by atoms with Gasteiger partial charge in [-0.3, -0.25) is 4.90 Å². The molecule has 1 fully saturated rings. The highest BCUT2D eigenvalue weighted by Crippen LogP contribution is 2.31. The van der Waals surface area contributed by atoms with Crippen molar-refractivity contribution in [3.63, 3.8) is 0 Å². The third kappa shape index (κ3) is 2.66. The topological polar surface area (TPSA) is 57.7 Å². The molecule has 5 nitrogen and oxygen atoms in total. The van der Waals surface area contributed by atoms with Gasteiger partial charge in [-0.2, -0.15) is 0 Å². The van der Waals surface area contributed by atoms with E-state index >= 15 is 0 Å². The maximum atomic E-state index is 4.49. The molecule has 1 N–H and O–H groups in total. The van der Waals surface area contributed by atoms with E-state index in [1.165, 1.54) is 6.42 Å². The number of hydrogen-bond donors (Lipinski definition) is 1. The molecule has 0 radical (unpaired) electrons. The van der Waals surface area contributed by atoms with Crippen LogP contribution in [0, 0.1) is 13.8 Å². The molecule has 19 heavy (non-hydrogen) atoms. The van der Waals surface area contributed by atoms with Crippen LogP contribution in [0.15, 0.2) is 18.5 Å². The zero-order valence-corrected chi connectivity index (χ0v) is 11.4. The molecule has 0 aliphatic carbocycles. The first-order chi connectivity index (χ1) is 9.22. The first-order valence-corrected chi connectivity index (χ1v) is 6.76. The fourth-order valence-corrected chi connectivity index (χ4v) is 2.73. The second-order valence-electron chi connectivity index (χ2n) is 5.18. The highest BCUT2D eigenvalue weighted by Gasteiger charge is 2.28. The van der Waals surface area contributed by atoms with Crippen LogP contribution in [0.2, 0.25) is 0 Å². The predicted octanol–water partition coefficient (Wildman–Crippen LogP) is 2.15. The standard InChI is InChI=1S/C14H19N5/c1-10-8-16-14(17-10)13-4-3-7-19(13)9-12-5-6-15-11(2)18-12/h5-6,8,13H,3-4,7,9H2,1-2H3,(H,16,17)/t13-/m0/s1. The lowest BCUT2D eigenvalue weighted by atomic mass is 10.2. The highest BCUT2D eigenvalue weighted by atomic mass is 15.2. The van der Waals surface area contributed by atoms with E-state index in [2.05, 4.69) is 24.8 Å². The lowest BCUT2D eigenvalue weighted by molar-refractivity contribution is 0.237. The molecule has 0 unspecified atom stereocenters. The van der Waals surface area contributed by atoms with E-state index < -0.39 is 0 Å². The third-order valence-electron chi connectivity index (χ3n) is 3.60. The molecule has 5 heteroatoms. The molecule has 0 bridgehead atoms. The van der Waals surface area contributed by atoms with E-state index in [0.29, 0.717) is 6.04 Å². The molecular formula is C14H19N5. The van der Waals surface area contributed by atoms with Crippen molar-refractivity contribution < 1.29 is 0 Å². The van der Waals surface area contributed by atoms with Gasteiger partial charge in [0, 0.05) is 24.6 Å². The maximum Gasteiger partial charge on any atom is 0.125 e. The quantitative estimate of drug-likeness (QED) is 0.915. The molecule has 100 valence electrons. The number of hydrogen-bond acceptors (Lipinski definition) is 4. The summed E-state index contributed by atoms with van der Waals surface area (Å²) in [5.41, 5.74) is 2.21. The summed E-state index contributed by atoms with van der Waals surface area (Å²) in [7, 11) is 0. The molecule has 1 atom stereocenters. The second kappa shape index (κ2) is 5.09. The van der Waals surface area contributed by atoms with Gasteiger partial charge in [0.25, 0.3) is 0 Å². The summed E-state index contributed by atoms with van der Waals surface area (Å²) in [6.45, 7) is 5.95. The van der Waals surface area contributed by atoms with Crippen LogP contribution in [0.4, 0.5) is 0 Å². The molecular weight excluding hydrogens is 238 g/mol. The van der Waals surface area contributed by atoms with Crippen LogP contribution >= 0.6 is 0 Å². The molecule has 0 spiro atoms. The van der Waals surface area contributed by atoms with E-state index in [1.54, 1.807) is 0 Å². The number of likely N-dealkylation sites (tertiary alicyclic amines) is 1. The SMILES string of the molecule is Cc1nccc(CN2CCC[C@H]2c2ncc(C)[nH]2)n1. The van der Waals surface area contributed by atoms with E-state index in [1.807, 2.05) is 32.3 Å². The van der Waals surface area contributed by atoms with E-state index in [0.717, 1.165) is 42.5 Å². The first-order valence-electron chi connectivity index (χ1n) is 6.76. The minimum Gasteiger partial charge on any atom is -0.345 e. The lowest BCUT2D eigenvalue weighted by Gasteiger charge is -2.22. The van der Waals surface area contributed by atoms with Gasteiger partial charge in [-0.15, -0.1) is 0 Å². The van der Waals surface area contributed by atoms with Gasteiger partial charge in [0.1, 0.15) is 11.6 Å². The van der Waals surface area contributed by atoms with Crippen molar-refractivity contribution in [1.82, 2.24) is 24.8 Å². The summed E-state index contributed by atoms with van der Waals surface area (Å²) in [6, 6.07) is 2.39. The Labute approximate surface area is 113 Å². The zero-order chi connectivity index (χ0) is 13.2. The van der Waals surface area contributed by atoms with Gasteiger partial charge >= 0.3 is 0 Å². The van der Waals surface area contributed by atoms with Gasteiger partial charge in [-0.25, -0.2) is 15.0 Å². The Morgan fingerprint density at radius 2 is 2.26 bits per heavy atom. The summed E-state index contributed by atoms with van der Waals surface area (Å²) in [4.78, 5) is 18.9. The number of H-pyrrole nitrogens is 1. The van der Waals surface area contributed by atoms with Crippen molar-refractivity contribution in [3.8, 4) is 0 Å². The van der Waals surface area contributed by atoms with Crippen molar-refractivity contribution >= 4 is 0 Å². The highest BCUT2D eigenvalue weighted by molar-refractivity contribution is 5.07. The van der Waals surface area contributed by atoms with Gasteiger partial charge in [-0.05, 0) is 39.3 Å². The fraction of sp³-hybridized carbons (Fsp3) is 0.500. The first kappa shape index (κ1) is 12.3. The number of imidazole rings is 1. The van der Waals surface area contributed by atoms with Gasteiger partial charge < -0.3 is 4.98 Å². The fourth-order valence-electron chi connectivity index (χ4n) is 2.73. The van der Waals surface area contributed by atoms with Crippen molar-refractivity contribution in [1.29, 1.82) is 0 Å². The average molecular weight is 257 g/mol. The Morgan fingerprint density at radius 3 is 3.00 bits per heavy atom. The Morgan fingerprint density at radius 1 is 1.37 bits per heavy atom. The van der Waals surface area contributed by atoms with Crippen LogP contribution in [0.5, 0.6) is 0 Å². The zero-order valence-electron chi connectivity index (χ0n) is 11.4. The molecule has 2 aromatic heterocycles. The van der Waals surface area contributed by atoms with Crippen molar-refractivity contribution in [2.75, 3.05) is 6.54 Å². The predicted molar refractivity (Wildman–Crippen MR) is 72.5 cm³/mol. The molecule has 3 heterocycles. The van der Waals surface area contributed by atoms with Crippen LogP contribution in [-0.4, -0.2) is 31.4 Å². The van der Waals surface area contributed by atoms with Crippen molar-refractivity contribution in [2.45, 2.75) is 39.3 Å². The molecule has 0 amide bonds. The molecule has 0 saturated carbocycles. The Bertz CT molecular complexity index is 562. The minimum absolute atomic E-state index is 0.393. The monoisotopic (exact) mass is 257 g/mol. The van der Waals surface area contributed by atoms with Gasteiger partial charge in [-0.1, -0.05) is 0 Å². The van der Waals surface area contributed by atoms with Crippen molar-refractivity contribution in [3.05, 3.63) is 41.5 Å². The summed E-state index contributed by atoms with van der Waals surface area (Å²) >= 11 is 0. The van der Waals surface area contributed by atoms with Crippen LogP contribution in [-0.2, 0) is 6.54 Å². The third-order valence-corrected chi connectivity index (χ3v) is 3.60. The summed E-state index contributed by atoms with van der Waals surface area (Å²) in [6.07, 6.45) is 6.12. The average Bonchev–Trinajstić information content (AvgIpc) is 2.98. The molecule has 1 aliphatic heterocycles. The Balaban J connectivity index is 1.76. The molecule has 3 rings (SSSR count). The maximum absolute atomic E-state index is 4.49. The number of aryl methyl sites for hydroxylation is 2. The normalized spacial score (nSPS) is 20.0. The summed E-state index contributed by atoms with van der Waals surface area (Å²) in [5, 5.41) is 0. The summed E-state index contributed by atoms with van der Waals surface area (Å²) in [5.74, 6) is 1.92. The van der Waals surface area contributed by atoms with E-state index in [-0.39, 0.29) is 0 Å². The van der Waals surface area contributed by atoms with E-state index in [4.69, 9.17) is 0 Å². The number of aromatic nitrogens is 4. The van der Waals surface area contributed by atoms with Crippen LogP contribution in [0.3, 0.4) is 0 Å². The minimum atomic E-state index is 0.393. The Kier molecular flexibility index (Phi) is 3.29. The largest absolute Gasteiger partial charge is 0.345 e. The second-order valence-corrected chi connectivity index (χ2v) is 5.18. The summed E-state index contributed by atoms with van der Waals surface area (Å²) < 4.78 is 0. The number of aromatic amines is 1. The molecule has 2 aromatic rings. The van der Waals surface area contributed by atoms with Crippen LogP contribution in [0.1, 0.15) is 41.9 Å². The molecule has 1 aliphatic rings. The van der Waals surface area contributed by atoms with Crippen molar-refractivity contribution in [2.24, 2.45) is 0 Å². The van der Waals surface area contributed by atoms with Gasteiger partial charge in [0.15, 0.2) is 0 Å². The lowest BCUT2D eigenvalue weighted by Crippen LogP contribution is -2.24. The van der Waals surface area contributed by atoms with Gasteiger partial charge in [0.2, 0.25) is 0 Å². The number of nitrogens with one attached hydrogen (secondary N) is 1. The van der Waals surface area contributed by atoms with Gasteiger partial charge in [0.05, 0.1) is 11.7 Å². The van der Waals surface area contributed by atoms with Crippen LogP contribution in [0.25, 0.3) is 0 Å². The number of rotatable bonds is 3. The molecule has 1 saturated heterocycles. The number of nitrogens with zero attached hydrogens (tertiary/aromatic N) is 4. The Hall–Kier alpha value is -1.75. The van der Waals surface area contributed by atoms with Crippen LogP contribution < -0.4 is 0 Å². The van der Waals surface area contributed by atoms with E-state index in [9.17, 15) is 0 Å². The molecule has 0 aromatic carbocycles. The smallest absolute Gasteiger partial charge is 0.125 e.